The molecule has 0 atom stereocenters. The molecule has 0 aromatic heterocycles. The number of para-hydroxylation sites is 1. The molecule has 2 N–H and O–H groups in total. The molecule has 1 aromatic rings. The topological polar surface area (TPSA) is 52.3 Å². The summed E-state index contributed by atoms with van der Waals surface area (Å²) in [5.41, 5.74) is 6.73. The van der Waals surface area contributed by atoms with E-state index in [-0.39, 0.29) is 5.97 Å². The summed E-state index contributed by atoms with van der Waals surface area (Å²) in [5, 5.41) is 0. The number of anilines is 1. The molecular formula is C25H41NO2. The molecule has 0 bridgehead atoms. The zero-order valence-electron chi connectivity index (χ0n) is 18.0. The lowest BCUT2D eigenvalue weighted by atomic mass is 10.1. The van der Waals surface area contributed by atoms with Gasteiger partial charge in [-0.1, -0.05) is 89.0 Å². The number of esters is 1. The maximum atomic E-state index is 11.9. The predicted octanol–water partition coefficient (Wildman–Crippen LogP) is 7.46. The minimum Gasteiger partial charge on any atom is -0.462 e. The van der Waals surface area contributed by atoms with Crippen LogP contribution in [-0.4, -0.2) is 12.6 Å². The molecule has 28 heavy (non-hydrogen) atoms. The molecule has 0 radical (unpaired) electrons. The Labute approximate surface area is 172 Å². The monoisotopic (exact) mass is 387 g/mol. The van der Waals surface area contributed by atoms with Gasteiger partial charge in [0.05, 0.1) is 12.2 Å². The molecule has 0 unspecified atom stereocenters. The summed E-state index contributed by atoms with van der Waals surface area (Å²) >= 11 is 0. The van der Waals surface area contributed by atoms with Crippen molar-refractivity contribution in [2.45, 2.75) is 96.8 Å². The molecule has 0 saturated heterocycles. The third-order valence-electron chi connectivity index (χ3n) is 5.07. The van der Waals surface area contributed by atoms with Gasteiger partial charge in [-0.2, -0.15) is 0 Å². The molecule has 0 aliphatic rings. The Morgan fingerprint density at radius 3 is 1.96 bits per heavy atom. The van der Waals surface area contributed by atoms with Crippen molar-refractivity contribution >= 4 is 11.7 Å². The van der Waals surface area contributed by atoms with Crippen LogP contribution in [0.4, 0.5) is 5.69 Å². The van der Waals surface area contributed by atoms with Crippen LogP contribution in [0.5, 0.6) is 0 Å². The zero-order valence-corrected chi connectivity index (χ0v) is 18.0. The van der Waals surface area contributed by atoms with Crippen molar-refractivity contribution in [2.24, 2.45) is 0 Å². The second-order valence-corrected chi connectivity index (χ2v) is 7.66. The van der Waals surface area contributed by atoms with Gasteiger partial charge < -0.3 is 10.5 Å². The average molecular weight is 388 g/mol. The molecule has 1 aromatic carbocycles. The molecule has 0 aliphatic heterocycles. The smallest absolute Gasteiger partial charge is 0.340 e. The fourth-order valence-corrected chi connectivity index (χ4v) is 3.28. The van der Waals surface area contributed by atoms with Gasteiger partial charge in [0.1, 0.15) is 0 Å². The van der Waals surface area contributed by atoms with Crippen LogP contribution in [0.1, 0.15) is 107 Å². The van der Waals surface area contributed by atoms with Gasteiger partial charge in [0, 0.05) is 5.69 Å². The number of ether oxygens (including phenoxy) is 1. The van der Waals surface area contributed by atoms with Gasteiger partial charge in [-0.15, -0.1) is 0 Å². The van der Waals surface area contributed by atoms with Gasteiger partial charge in [-0.05, 0) is 44.2 Å². The maximum absolute atomic E-state index is 11.9. The number of nitrogens with two attached hydrogens (primary N) is 1. The SMILES string of the molecule is CCCCCCCC/C=C\CCCCCCCCOC(=O)c1ccccc1N. The Morgan fingerprint density at radius 2 is 1.36 bits per heavy atom. The van der Waals surface area contributed by atoms with E-state index in [2.05, 4.69) is 19.1 Å². The van der Waals surface area contributed by atoms with E-state index in [9.17, 15) is 4.79 Å². The Balaban J connectivity index is 1.85. The summed E-state index contributed by atoms with van der Waals surface area (Å²) in [6.07, 6.45) is 22.6. The van der Waals surface area contributed by atoms with E-state index in [1.165, 1.54) is 77.0 Å². The molecular weight excluding hydrogens is 346 g/mol. The van der Waals surface area contributed by atoms with Crippen LogP contribution in [0.15, 0.2) is 36.4 Å². The Hall–Kier alpha value is -1.77. The fraction of sp³-hybridized carbons (Fsp3) is 0.640. The molecule has 0 heterocycles. The lowest BCUT2D eigenvalue weighted by molar-refractivity contribution is 0.0499. The standard InChI is InChI=1S/C25H41NO2/c1-2-3-4-5-6-7-8-9-10-11-12-13-14-15-16-19-22-28-25(27)23-20-17-18-21-24(23)26/h9-10,17-18,20-21H,2-8,11-16,19,22,26H2,1H3/b10-9-. The number of hydrogen-bond donors (Lipinski definition) is 1. The predicted molar refractivity (Wildman–Crippen MR) is 121 cm³/mol. The van der Waals surface area contributed by atoms with Crippen molar-refractivity contribution in [3.63, 3.8) is 0 Å². The van der Waals surface area contributed by atoms with Crippen LogP contribution in [0, 0.1) is 0 Å². The third kappa shape index (κ3) is 12.6. The number of carbonyl (C=O) groups is 1. The van der Waals surface area contributed by atoms with E-state index >= 15 is 0 Å². The first-order valence-electron chi connectivity index (χ1n) is 11.4. The molecule has 0 saturated carbocycles. The molecule has 0 aliphatic carbocycles. The highest BCUT2D eigenvalue weighted by molar-refractivity contribution is 5.94. The van der Waals surface area contributed by atoms with Crippen LogP contribution < -0.4 is 5.73 Å². The number of rotatable bonds is 17. The van der Waals surface area contributed by atoms with E-state index in [1.807, 2.05) is 6.07 Å². The fourth-order valence-electron chi connectivity index (χ4n) is 3.28. The van der Waals surface area contributed by atoms with Crippen LogP contribution >= 0.6 is 0 Å². The summed E-state index contributed by atoms with van der Waals surface area (Å²) in [6.45, 7) is 2.75. The van der Waals surface area contributed by atoms with E-state index in [0.717, 1.165) is 12.8 Å². The minimum absolute atomic E-state index is 0.314. The van der Waals surface area contributed by atoms with Crippen LogP contribution in [0.25, 0.3) is 0 Å². The lowest BCUT2D eigenvalue weighted by Crippen LogP contribution is -2.09. The van der Waals surface area contributed by atoms with Gasteiger partial charge in [0.2, 0.25) is 0 Å². The highest BCUT2D eigenvalue weighted by Crippen LogP contribution is 2.13. The van der Waals surface area contributed by atoms with Gasteiger partial charge in [-0.25, -0.2) is 4.79 Å². The number of allylic oxidation sites excluding steroid dienone is 2. The van der Waals surface area contributed by atoms with E-state index in [0.29, 0.717) is 17.9 Å². The van der Waals surface area contributed by atoms with E-state index < -0.39 is 0 Å². The third-order valence-corrected chi connectivity index (χ3v) is 5.07. The molecule has 0 spiro atoms. The Morgan fingerprint density at radius 1 is 0.821 bits per heavy atom. The first kappa shape index (κ1) is 24.3. The van der Waals surface area contributed by atoms with Crippen molar-refractivity contribution < 1.29 is 9.53 Å². The summed E-state index contributed by atoms with van der Waals surface area (Å²) in [4.78, 5) is 11.9. The molecule has 158 valence electrons. The molecule has 3 nitrogen and oxygen atoms in total. The number of carbonyl (C=O) groups excluding carboxylic acids is 1. The summed E-state index contributed by atoms with van der Waals surface area (Å²) in [6, 6.07) is 7.05. The van der Waals surface area contributed by atoms with Gasteiger partial charge in [0.25, 0.3) is 0 Å². The van der Waals surface area contributed by atoms with Crippen molar-refractivity contribution in [1.82, 2.24) is 0 Å². The van der Waals surface area contributed by atoms with Crippen molar-refractivity contribution in [3.05, 3.63) is 42.0 Å². The quantitative estimate of drug-likeness (QED) is 0.131. The van der Waals surface area contributed by atoms with Crippen molar-refractivity contribution in [1.29, 1.82) is 0 Å². The van der Waals surface area contributed by atoms with Gasteiger partial charge in [0.15, 0.2) is 0 Å². The Bertz CT molecular complexity index is 539. The first-order valence-corrected chi connectivity index (χ1v) is 11.4. The zero-order chi connectivity index (χ0) is 20.3. The number of unbranched alkanes of at least 4 members (excludes halogenated alkanes) is 12. The number of benzene rings is 1. The average Bonchev–Trinajstić information content (AvgIpc) is 2.70. The van der Waals surface area contributed by atoms with Crippen molar-refractivity contribution in [2.75, 3.05) is 12.3 Å². The first-order chi connectivity index (χ1) is 13.8. The largest absolute Gasteiger partial charge is 0.462 e. The number of hydrogen-bond acceptors (Lipinski definition) is 3. The minimum atomic E-state index is -0.314. The second kappa shape index (κ2) is 17.3. The normalized spacial score (nSPS) is 11.2. The highest BCUT2D eigenvalue weighted by atomic mass is 16.5. The summed E-state index contributed by atoms with van der Waals surface area (Å²) in [5.74, 6) is -0.314. The van der Waals surface area contributed by atoms with Crippen LogP contribution in [0.3, 0.4) is 0 Å². The van der Waals surface area contributed by atoms with E-state index in [1.54, 1.807) is 18.2 Å². The van der Waals surface area contributed by atoms with E-state index in [4.69, 9.17) is 10.5 Å². The molecule has 3 heteroatoms. The van der Waals surface area contributed by atoms with Crippen LogP contribution in [0.2, 0.25) is 0 Å². The molecule has 1 rings (SSSR count). The van der Waals surface area contributed by atoms with Crippen molar-refractivity contribution in [3.8, 4) is 0 Å². The van der Waals surface area contributed by atoms with Gasteiger partial charge in [-0.3, -0.25) is 0 Å². The number of nitrogen functional groups attached to an aromatic ring is 1. The highest BCUT2D eigenvalue weighted by Gasteiger charge is 2.09. The Kier molecular flexibility index (Phi) is 15.0. The summed E-state index contributed by atoms with van der Waals surface area (Å²) in [7, 11) is 0. The summed E-state index contributed by atoms with van der Waals surface area (Å²) < 4.78 is 5.30. The van der Waals surface area contributed by atoms with Gasteiger partial charge >= 0.3 is 5.97 Å². The maximum Gasteiger partial charge on any atom is 0.340 e. The molecule has 0 amide bonds. The lowest BCUT2D eigenvalue weighted by Gasteiger charge is -2.06. The second-order valence-electron chi connectivity index (χ2n) is 7.66. The molecule has 0 fully saturated rings. The van der Waals surface area contributed by atoms with Crippen LogP contribution in [-0.2, 0) is 4.74 Å².